The fourth-order valence-corrected chi connectivity index (χ4v) is 6.87. The van der Waals surface area contributed by atoms with E-state index in [1.54, 1.807) is 0 Å². The first-order valence-electron chi connectivity index (χ1n) is 11.8. The normalized spacial score (nSPS) is 37.6. The van der Waals surface area contributed by atoms with Crippen molar-refractivity contribution in [2.75, 3.05) is 13.1 Å². The molecular formula is C25H38NO2+. The van der Waals surface area contributed by atoms with Crippen LogP contribution in [0.4, 0.5) is 0 Å². The van der Waals surface area contributed by atoms with Crippen LogP contribution in [-0.4, -0.2) is 41.7 Å². The van der Waals surface area contributed by atoms with Gasteiger partial charge in [0.25, 0.3) is 0 Å². The summed E-state index contributed by atoms with van der Waals surface area (Å²) in [6, 6.07) is 12.0. The van der Waals surface area contributed by atoms with Crippen molar-refractivity contribution in [1.29, 1.82) is 0 Å². The smallest absolute Gasteiger partial charge is 0.309 e. The summed E-state index contributed by atoms with van der Waals surface area (Å²) in [6.07, 6.45) is 10.7. The second-order valence-corrected chi connectivity index (χ2v) is 9.47. The molecule has 4 rings (SSSR count). The molecule has 0 N–H and O–H groups in total. The molecule has 3 nitrogen and oxygen atoms in total. The van der Waals surface area contributed by atoms with Crippen molar-refractivity contribution in [3.63, 3.8) is 0 Å². The molecule has 0 aromatic heterocycles. The Labute approximate surface area is 171 Å². The van der Waals surface area contributed by atoms with Crippen LogP contribution >= 0.6 is 0 Å². The first-order valence-corrected chi connectivity index (χ1v) is 11.8. The first-order chi connectivity index (χ1) is 13.7. The molecule has 1 aliphatic carbocycles. The number of rotatable bonds is 6. The van der Waals surface area contributed by atoms with Crippen molar-refractivity contribution in [2.24, 2.45) is 5.92 Å². The predicted octanol–water partition coefficient (Wildman–Crippen LogP) is 5.44. The lowest BCUT2D eigenvalue weighted by Crippen LogP contribution is -2.61. The van der Waals surface area contributed by atoms with Crippen LogP contribution in [0.3, 0.4) is 0 Å². The molecule has 2 aliphatic heterocycles. The summed E-state index contributed by atoms with van der Waals surface area (Å²) in [5, 5.41) is 0. The molecule has 4 unspecified atom stereocenters. The molecule has 3 fully saturated rings. The van der Waals surface area contributed by atoms with Gasteiger partial charge in [0.05, 0.1) is 31.1 Å². The van der Waals surface area contributed by atoms with Crippen molar-refractivity contribution < 1.29 is 14.0 Å². The predicted molar refractivity (Wildman–Crippen MR) is 113 cm³/mol. The highest BCUT2D eigenvalue weighted by atomic mass is 16.5. The third-order valence-corrected chi connectivity index (χ3v) is 8.17. The summed E-state index contributed by atoms with van der Waals surface area (Å²) >= 11 is 0. The summed E-state index contributed by atoms with van der Waals surface area (Å²) in [4.78, 5) is 13.2. The molecule has 2 heterocycles. The van der Waals surface area contributed by atoms with Crippen LogP contribution in [0.15, 0.2) is 30.3 Å². The van der Waals surface area contributed by atoms with Crippen LogP contribution in [0.2, 0.25) is 0 Å². The van der Waals surface area contributed by atoms with Crippen molar-refractivity contribution in [3.05, 3.63) is 35.9 Å². The van der Waals surface area contributed by atoms with Gasteiger partial charge in [-0.2, -0.15) is 0 Å². The Morgan fingerprint density at radius 2 is 1.68 bits per heavy atom. The van der Waals surface area contributed by atoms with Crippen LogP contribution < -0.4 is 0 Å². The van der Waals surface area contributed by atoms with Gasteiger partial charge in [-0.05, 0) is 37.7 Å². The van der Waals surface area contributed by atoms with E-state index in [2.05, 4.69) is 44.2 Å². The minimum Gasteiger partial charge on any atom is -0.462 e. The van der Waals surface area contributed by atoms with Crippen LogP contribution in [0.5, 0.6) is 0 Å². The number of nitrogens with zero attached hydrogens (tertiary/aromatic N) is 1. The molecule has 0 amide bonds. The standard InChI is InChI=1S/C25H38NO2/c1-3-16-26(4-2)20-14-15-21(26)18-22(17-20)28-25(27)24-13-9-8-12-23(24)19-10-6-5-7-11-19/h5-7,10-11,20-24H,3-4,8-9,12-18H2,1-2H3/q+1/t20-,21+,22?,23?,24?,26?. The maximum absolute atomic E-state index is 13.2. The molecule has 3 aliphatic rings. The van der Waals surface area contributed by atoms with Gasteiger partial charge in [0.15, 0.2) is 0 Å². The Kier molecular flexibility index (Phi) is 6.10. The number of piperidine rings is 1. The van der Waals surface area contributed by atoms with Gasteiger partial charge in [0.1, 0.15) is 6.10 Å². The number of quaternary nitrogens is 1. The van der Waals surface area contributed by atoms with Gasteiger partial charge in [-0.1, -0.05) is 50.1 Å². The third-order valence-electron chi connectivity index (χ3n) is 8.17. The number of benzene rings is 1. The van der Waals surface area contributed by atoms with Crippen molar-refractivity contribution in [1.82, 2.24) is 0 Å². The second-order valence-electron chi connectivity index (χ2n) is 9.47. The van der Waals surface area contributed by atoms with Crippen LogP contribution in [0.25, 0.3) is 0 Å². The Morgan fingerprint density at radius 1 is 1.00 bits per heavy atom. The monoisotopic (exact) mass is 384 g/mol. The van der Waals surface area contributed by atoms with E-state index in [0.717, 1.165) is 32.1 Å². The maximum Gasteiger partial charge on any atom is 0.309 e. The second kappa shape index (κ2) is 8.57. The number of fused-ring (bicyclic) bond motifs is 2. The van der Waals surface area contributed by atoms with Crippen molar-refractivity contribution >= 4 is 5.97 Å². The lowest BCUT2D eigenvalue weighted by molar-refractivity contribution is -0.965. The van der Waals surface area contributed by atoms with Gasteiger partial charge in [-0.15, -0.1) is 0 Å². The lowest BCUT2D eigenvalue weighted by atomic mass is 9.75. The fourth-order valence-electron chi connectivity index (χ4n) is 6.87. The Morgan fingerprint density at radius 3 is 2.32 bits per heavy atom. The highest BCUT2D eigenvalue weighted by molar-refractivity contribution is 5.74. The molecule has 154 valence electrons. The molecule has 1 aromatic carbocycles. The van der Waals surface area contributed by atoms with Gasteiger partial charge in [-0.25, -0.2) is 0 Å². The summed E-state index contributed by atoms with van der Waals surface area (Å²) < 4.78 is 7.52. The number of hydrogen-bond donors (Lipinski definition) is 0. The molecular weight excluding hydrogens is 346 g/mol. The van der Waals surface area contributed by atoms with Crippen LogP contribution in [0.1, 0.15) is 83.1 Å². The minimum atomic E-state index is 0.0526. The summed E-state index contributed by atoms with van der Waals surface area (Å²) in [5.74, 6) is 0.482. The van der Waals surface area contributed by atoms with E-state index >= 15 is 0 Å². The molecule has 3 heteroatoms. The first kappa shape index (κ1) is 19.9. The number of ether oxygens (including phenoxy) is 1. The van der Waals surface area contributed by atoms with E-state index in [1.165, 1.54) is 48.8 Å². The highest BCUT2D eigenvalue weighted by Gasteiger charge is 2.53. The zero-order valence-electron chi connectivity index (χ0n) is 17.8. The molecule has 28 heavy (non-hydrogen) atoms. The SMILES string of the molecule is CCC[N+]1(CC)[C@@H]2CC[C@H]1CC(OC(=O)C1CCCCC1c1ccccc1)C2. The maximum atomic E-state index is 13.2. The quantitative estimate of drug-likeness (QED) is 0.482. The van der Waals surface area contributed by atoms with Gasteiger partial charge in [0.2, 0.25) is 0 Å². The van der Waals surface area contributed by atoms with Gasteiger partial charge in [-0.3, -0.25) is 4.79 Å². The average molecular weight is 385 g/mol. The van der Waals surface area contributed by atoms with E-state index in [-0.39, 0.29) is 18.0 Å². The fraction of sp³-hybridized carbons (Fsp3) is 0.720. The summed E-state index contributed by atoms with van der Waals surface area (Å²) in [7, 11) is 0. The largest absolute Gasteiger partial charge is 0.462 e. The Bertz CT molecular complexity index is 644. The number of carbonyl (C=O) groups is 1. The van der Waals surface area contributed by atoms with E-state index in [0.29, 0.717) is 18.0 Å². The number of esters is 1. The highest BCUT2D eigenvalue weighted by Crippen LogP contribution is 2.45. The zero-order valence-corrected chi connectivity index (χ0v) is 17.8. The van der Waals surface area contributed by atoms with Gasteiger partial charge < -0.3 is 9.22 Å². The zero-order chi connectivity index (χ0) is 19.6. The van der Waals surface area contributed by atoms with E-state index in [9.17, 15) is 4.79 Å². The summed E-state index contributed by atoms with van der Waals surface area (Å²) in [5.41, 5.74) is 1.32. The third kappa shape index (κ3) is 3.63. The molecule has 1 saturated carbocycles. The average Bonchev–Trinajstić information content (AvgIpc) is 2.91. The molecule has 2 bridgehead atoms. The summed E-state index contributed by atoms with van der Waals surface area (Å²) in [6.45, 7) is 7.21. The Balaban J connectivity index is 1.43. The van der Waals surface area contributed by atoms with Crippen molar-refractivity contribution in [2.45, 2.75) is 95.7 Å². The van der Waals surface area contributed by atoms with E-state index in [1.807, 2.05) is 0 Å². The van der Waals surface area contributed by atoms with E-state index in [4.69, 9.17) is 4.74 Å². The van der Waals surface area contributed by atoms with Crippen LogP contribution in [-0.2, 0) is 9.53 Å². The van der Waals surface area contributed by atoms with Gasteiger partial charge >= 0.3 is 5.97 Å². The van der Waals surface area contributed by atoms with Crippen molar-refractivity contribution in [3.8, 4) is 0 Å². The molecule has 0 spiro atoms. The number of hydrogen-bond acceptors (Lipinski definition) is 2. The topological polar surface area (TPSA) is 26.3 Å². The van der Waals surface area contributed by atoms with Crippen LogP contribution in [0, 0.1) is 5.92 Å². The van der Waals surface area contributed by atoms with Gasteiger partial charge in [0, 0.05) is 25.7 Å². The molecule has 2 saturated heterocycles. The molecule has 6 atom stereocenters. The minimum absolute atomic E-state index is 0.0526. The number of carbonyl (C=O) groups excluding carboxylic acids is 1. The lowest BCUT2D eigenvalue weighted by Gasteiger charge is -2.49. The molecule has 0 radical (unpaired) electrons. The molecule has 1 aromatic rings. The Hall–Kier alpha value is -1.35. The van der Waals surface area contributed by atoms with E-state index < -0.39 is 0 Å².